The van der Waals surface area contributed by atoms with Crippen molar-refractivity contribution in [2.24, 2.45) is 0 Å². The number of nitrogens with zero attached hydrogens (tertiary/aromatic N) is 1. The first-order chi connectivity index (χ1) is 7.67. The number of aliphatic hydroxyl groups is 1. The summed E-state index contributed by atoms with van der Waals surface area (Å²) in [6.07, 6.45) is 0. The molecule has 3 nitrogen and oxygen atoms in total. The zero-order chi connectivity index (χ0) is 12.0. The summed E-state index contributed by atoms with van der Waals surface area (Å²) in [5.41, 5.74) is 1.16. The molecule has 1 aromatic carbocycles. The smallest absolute Gasteiger partial charge is 0.172 e. The molecular weight excluding hydrogens is 222 g/mol. The molecule has 0 saturated carbocycles. The highest BCUT2D eigenvalue weighted by molar-refractivity contribution is 8.00. The number of hydrogen-bond acceptors (Lipinski definition) is 4. The van der Waals surface area contributed by atoms with Crippen LogP contribution in [0.4, 0.5) is 0 Å². The van der Waals surface area contributed by atoms with Gasteiger partial charge in [-0.25, -0.2) is 0 Å². The molecule has 0 aromatic heterocycles. The van der Waals surface area contributed by atoms with Crippen LogP contribution in [0.3, 0.4) is 0 Å². The van der Waals surface area contributed by atoms with Gasteiger partial charge in [0, 0.05) is 10.8 Å². The van der Waals surface area contributed by atoms with Crippen LogP contribution in [-0.2, 0) is 0 Å². The Labute approximate surface area is 99.1 Å². The van der Waals surface area contributed by atoms with E-state index in [1.165, 1.54) is 11.8 Å². The van der Waals surface area contributed by atoms with Gasteiger partial charge in [-0.2, -0.15) is 5.26 Å². The zero-order valence-corrected chi connectivity index (χ0v) is 9.83. The van der Waals surface area contributed by atoms with Crippen LogP contribution in [0.25, 0.3) is 0 Å². The van der Waals surface area contributed by atoms with E-state index in [1.807, 2.05) is 13.0 Å². The first kappa shape index (κ1) is 12.8. The van der Waals surface area contributed by atoms with Crippen molar-refractivity contribution in [1.82, 2.24) is 0 Å². The third-order valence-electron chi connectivity index (χ3n) is 2.09. The second-order valence-corrected chi connectivity index (χ2v) is 4.84. The fraction of sp³-hybridized carbons (Fsp3) is 0.333. The lowest BCUT2D eigenvalue weighted by molar-refractivity contribution is 0.102. The molecule has 1 aromatic rings. The monoisotopic (exact) mass is 235 g/mol. The largest absolute Gasteiger partial charge is 0.395 e. The van der Waals surface area contributed by atoms with Gasteiger partial charge in [0.05, 0.1) is 24.0 Å². The molecule has 0 aliphatic rings. The summed E-state index contributed by atoms with van der Waals surface area (Å²) in [6.45, 7) is 1.95. The SMILES string of the molecule is CC(CO)SCC(=O)c1ccc(C#N)cc1. The molecule has 1 N–H and O–H groups in total. The van der Waals surface area contributed by atoms with Crippen LogP contribution in [0.5, 0.6) is 0 Å². The molecule has 84 valence electrons. The second kappa shape index (κ2) is 6.31. The number of thioether (sulfide) groups is 1. The first-order valence-electron chi connectivity index (χ1n) is 4.93. The minimum absolute atomic E-state index is 0.0230. The van der Waals surface area contributed by atoms with Gasteiger partial charge >= 0.3 is 0 Å². The third kappa shape index (κ3) is 3.69. The van der Waals surface area contributed by atoms with Crippen LogP contribution in [0, 0.1) is 11.3 Å². The second-order valence-electron chi connectivity index (χ2n) is 3.42. The summed E-state index contributed by atoms with van der Waals surface area (Å²) in [6, 6.07) is 8.58. The normalized spacial score (nSPS) is 11.8. The Morgan fingerprint density at radius 1 is 1.50 bits per heavy atom. The van der Waals surface area contributed by atoms with Gasteiger partial charge in [0.1, 0.15) is 0 Å². The minimum Gasteiger partial charge on any atom is -0.395 e. The lowest BCUT2D eigenvalue weighted by Crippen LogP contribution is -2.09. The van der Waals surface area contributed by atoms with Gasteiger partial charge in [-0.05, 0) is 12.1 Å². The van der Waals surface area contributed by atoms with Crippen LogP contribution in [-0.4, -0.2) is 28.5 Å². The van der Waals surface area contributed by atoms with Crippen LogP contribution in [0.15, 0.2) is 24.3 Å². The average molecular weight is 235 g/mol. The van der Waals surface area contributed by atoms with E-state index >= 15 is 0 Å². The summed E-state index contributed by atoms with van der Waals surface area (Å²) in [5, 5.41) is 17.5. The van der Waals surface area contributed by atoms with Crippen molar-refractivity contribution in [2.75, 3.05) is 12.4 Å². The number of aliphatic hydroxyl groups excluding tert-OH is 1. The fourth-order valence-electron chi connectivity index (χ4n) is 1.08. The number of Topliss-reactive ketones (excluding diaryl/α,β-unsaturated/α-hetero) is 1. The molecule has 0 amide bonds. The molecule has 0 aliphatic carbocycles. The van der Waals surface area contributed by atoms with E-state index in [0.29, 0.717) is 16.9 Å². The number of ketones is 1. The molecule has 0 heterocycles. The van der Waals surface area contributed by atoms with Crippen molar-refractivity contribution in [3.05, 3.63) is 35.4 Å². The third-order valence-corrected chi connectivity index (χ3v) is 3.24. The van der Waals surface area contributed by atoms with E-state index in [9.17, 15) is 4.79 Å². The Bertz CT molecular complexity index is 394. The predicted molar refractivity (Wildman–Crippen MR) is 64.5 cm³/mol. The highest BCUT2D eigenvalue weighted by atomic mass is 32.2. The maximum atomic E-state index is 11.7. The van der Waals surface area contributed by atoms with E-state index < -0.39 is 0 Å². The van der Waals surface area contributed by atoms with Gasteiger partial charge in [0.15, 0.2) is 5.78 Å². The van der Waals surface area contributed by atoms with Gasteiger partial charge in [0.2, 0.25) is 0 Å². The molecule has 0 fully saturated rings. The predicted octanol–water partition coefficient (Wildman–Crippen LogP) is 1.85. The molecule has 4 heteroatoms. The summed E-state index contributed by atoms with van der Waals surface area (Å²) >= 11 is 1.42. The first-order valence-corrected chi connectivity index (χ1v) is 5.98. The maximum absolute atomic E-state index is 11.7. The Hall–Kier alpha value is -1.31. The maximum Gasteiger partial charge on any atom is 0.172 e. The number of nitriles is 1. The lowest BCUT2D eigenvalue weighted by Gasteiger charge is -2.06. The van der Waals surface area contributed by atoms with E-state index in [1.54, 1.807) is 24.3 Å². The van der Waals surface area contributed by atoms with Crippen LogP contribution in [0.2, 0.25) is 0 Å². The van der Waals surface area contributed by atoms with Crippen LogP contribution in [0.1, 0.15) is 22.8 Å². The number of benzene rings is 1. The lowest BCUT2D eigenvalue weighted by atomic mass is 10.1. The molecule has 0 spiro atoms. The highest BCUT2D eigenvalue weighted by Gasteiger charge is 2.08. The minimum atomic E-state index is 0.0230. The molecule has 0 bridgehead atoms. The molecule has 1 rings (SSSR count). The zero-order valence-electron chi connectivity index (χ0n) is 9.01. The molecule has 0 aliphatic heterocycles. The molecule has 0 saturated heterocycles. The van der Waals surface area contributed by atoms with E-state index in [2.05, 4.69) is 0 Å². The number of rotatable bonds is 5. The number of hydrogen-bond donors (Lipinski definition) is 1. The Morgan fingerprint density at radius 2 is 2.12 bits per heavy atom. The Morgan fingerprint density at radius 3 is 2.62 bits per heavy atom. The van der Waals surface area contributed by atoms with Crippen molar-refractivity contribution in [1.29, 1.82) is 5.26 Å². The summed E-state index contributed by atoms with van der Waals surface area (Å²) < 4.78 is 0. The molecule has 1 unspecified atom stereocenters. The van der Waals surface area contributed by atoms with E-state index in [4.69, 9.17) is 10.4 Å². The van der Waals surface area contributed by atoms with Crippen molar-refractivity contribution in [2.45, 2.75) is 12.2 Å². The van der Waals surface area contributed by atoms with E-state index in [-0.39, 0.29) is 17.6 Å². The summed E-state index contributed by atoms with van der Waals surface area (Å²) in [4.78, 5) is 11.7. The van der Waals surface area contributed by atoms with Crippen molar-refractivity contribution in [3.63, 3.8) is 0 Å². The van der Waals surface area contributed by atoms with Crippen molar-refractivity contribution in [3.8, 4) is 6.07 Å². The Balaban J connectivity index is 2.57. The number of carbonyl (C=O) groups is 1. The van der Waals surface area contributed by atoms with Gasteiger partial charge in [-0.1, -0.05) is 19.1 Å². The van der Waals surface area contributed by atoms with Crippen LogP contribution >= 0.6 is 11.8 Å². The van der Waals surface area contributed by atoms with Crippen LogP contribution < -0.4 is 0 Å². The van der Waals surface area contributed by atoms with E-state index in [0.717, 1.165) is 0 Å². The van der Waals surface area contributed by atoms with Crippen molar-refractivity contribution >= 4 is 17.5 Å². The Kier molecular flexibility index (Phi) is 5.03. The topological polar surface area (TPSA) is 61.1 Å². The molecule has 16 heavy (non-hydrogen) atoms. The molecule has 1 atom stereocenters. The van der Waals surface area contributed by atoms with Gasteiger partial charge in [0.25, 0.3) is 0 Å². The highest BCUT2D eigenvalue weighted by Crippen LogP contribution is 2.13. The quantitative estimate of drug-likeness (QED) is 0.791. The van der Waals surface area contributed by atoms with Gasteiger partial charge in [-0.3, -0.25) is 4.79 Å². The number of carbonyl (C=O) groups excluding carboxylic acids is 1. The molecular formula is C12H13NO2S. The van der Waals surface area contributed by atoms with Crippen molar-refractivity contribution < 1.29 is 9.90 Å². The average Bonchev–Trinajstić information content (AvgIpc) is 2.35. The fourth-order valence-corrected chi connectivity index (χ4v) is 1.79. The van der Waals surface area contributed by atoms with Gasteiger partial charge < -0.3 is 5.11 Å². The molecule has 0 radical (unpaired) electrons. The summed E-state index contributed by atoms with van der Waals surface area (Å²) in [7, 11) is 0. The van der Waals surface area contributed by atoms with Gasteiger partial charge in [-0.15, -0.1) is 11.8 Å². The summed E-state index contributed by atoms with van der Waals surface area (Å²) in [5.74, 6) is 0.378. The standard InChI is InChI=1S/C12H13NO2S/c1-9(7-14)16-8-12(15)11-4-2-10(6-13)3-5-11/h2-5,9,14H,7-8H2,1H3.